The zero-order valence-electron chi connectivity index (χ0n) is 14.9. The quantitative estimate of drug-likeness (QED) is 0.826. The third kappa shape index (κ3) is 3.06. The molecule has 7 heteroatoms. The highest BCUT2D eigenvalue weighted by Crippen LogP contribution is 2.33. The minimum absolute atomic E-state index is 0.0146. The third-order valence-electron chi connectivity index (χ3n) is 5.05. The van der Waals surface area contributed by atoms with Crippen LogP contribution in [0.4, 0.5) is 0 Å². The Balaban J connectivity index is 1.61. The van der Waals surface area contributed by atoms with E-state index in [0.717, 1.165) is 66.0 Å². The van der Waals surface area contributed by atoms with Crippen LogP contribution in [-0.4, -0.2) is 50.8 Å². The third-order valence-corrected chi connectivity index (χ3v) is 6.11. The standard InChI is InChI=1S/C18H23N5OS/c1-11-16(25-12(2)20-11)18(24)23-7-4-5-15(23)17-19-9-13-10-22(3)8-6-14(13)21-17/h9,15H,4-8,10H2,1-3H3/t15-/m1/s1. The van der Waals surface area contributed by atoms with E-state index < -0.39 is 0 Å². The van der Waals surface area contributed by atoms with Crippen molar-refractivity contribution < 1.29 is 4.79 Å². The maximum absolute atomic E-state index is 13.0. The molecule has 4 rings (SSSR count). The van der Waals surface area contributed by atoms with E-state index in [2.05, 4.69) is 21.9 Å². The molecule has 0 aliphatic carbocycles. The van der Waals surface area contributed by atoms with Crippen molar-refractivity contribution in [3.63, 3.8) is 0 Å². The van der Waals surface area contributed by atoms with Gasteiger partial charge in [-0.05, 0) is 33.7 Å². The molecule has 132 valence electrons. The van der Waals surface area contributed by atoms with E-state index in [4.69, 9.17) is 4.98 Å². The van der Waals surface area contributed by atoms with Crippen LogP contribution < -0.4 is 0 Å². The molecule has 1 saturated heterocycles. The van der Waals surface area contributed by atoms with Gasteiger partial charge >= 0.3 is 0 Å². The first kappa shape index (κ1) is 16.6. The number of fused-ring (bicyclic) bond motifs is 1. The highest BCUT2D eigenvalue weighted by atomic mass is 32.1. The molecule has 0 saturated carbocycles. The summed E-state index contributed by atoms with van der Waals surface area (Å²) in [4.78, 5) is 31.9. The number of likely N-dealkylation sites (N-methyl/N-ethyl adjacent to an activating group) is 1. The molecule has 0 N–H and O–H groups in total. The smallest absolute Gasteiger partial charge is 0.266 e. The fraction of sp³-hybridized carbons (Fsp3) is 0.556. The number of carbonyl (C=O) groups is 1. The first-order valence-electron chi connectivity index (χ1n) is 8.81. The molecule has 2 aliphatic rings. The van der Waals surface area contributed by atoms with E-state index in [-0.39, 0.29) is 11.9 Å². The van der Waals surface area contributed by atoms with Crippen LogP contribution in [0.2, 0.25) is 0 Å². The zero-order valence-corrected chi connectivity index (χ0v) is 15.8. The average molecular weight is 357 g/mol. The second-order valence-electron chi connectivity index (χ2n) is 6.99. The Morgan fingerprint density at radius 2 is 2.12 bits per heavy atom. The molecule has 1 amide bonds. The molecule has 0 aromatic carbocycles. The summed E-state index contributed by atoms with van der Waals surface area (Å²) >= 11 is 1.48. The van der Waals surface area contributed by atoms with Crippen LogP contribution in [0, 0.1) is 13.8 Å². The molecule has 2 aromatic rings. The second-order valence-corrected chi connectivity index (χ2v) is 8.20. The van der Waals surface area contributed by atoms with E-state index >= 15 is 0 Å². The fourth-order valence-corrected chi connectivity index (χ4v) is 4.65. The van der Waals surface area contributed by atoms with Gasteiger partial charge in [0.05, 0.1) is 16.7 Å². The topological polar surface area (TPSA) is 62.2 Å². The Kier molecular flexibility index (Phi) is 4.29. The molecule has 6 nitrogen and oxygen atoms in total. The number of amides is 1. The van der Waals surface area contributed by atoms with Gasteiger partial charge in [0.25, 0.3) is 5.91 Å². The van der Waals surface area contributed by atoms with Gasteiger partial charge in [-0.25, -0.2) is 15.0 Å². The van der Waals surface area contributed by atoms with E-state index in [1.807, 2.05) is 24.9 Å². The summed E-state index contributed by atoms with van der Waals surface area (Å²) in [5, 5.41) is 0.936. The maximum atomic E-state index is 13.0. The van der Waals surface area contributed by atoms with Crippen LogP contribution >= 0.6 is 11.3 Å². The summed E-state index contributed by atoms with van der Waals surface area (Å²) < 4.78 is 0. The fourth-order valence-electron chi connectivity index (χ4n) is 3.77. The average Bonchev–Trinajstić information content (AvgIpc) is 3.20. The Hall–Kier alpha value is -1.86. The van der Waals surface area contributed by atoms with Gasteiger partial charge in [-0.15, -0.1) is 11.3 Å². The van der Waals surface area contributed by atoms with Crippen LogP contribution in [0.5, 0.6) is 0 Å². The minimum atomic E-state index is -0.0146. The Bertz CT molecular complexity index is 818. The van der Waals surface area contributed by atoms with Crippen molar-refractivity contribution in [2.45, 2.75) is 45.7 Å². The number of rotatable bonds is 2. The van der Waals surface area contributed by atoms with Crippen molar-refractivity contribution >= 4 is 17.2 Å². The lowest BCUT2D eigenvalue weighted by molar-refractivity contribution is 0.0733. The highest BCUT2D eigenvalue weighted by Gasteiger charge is 2.34. The predicted octanol–water partition coefficient (Wildman–Crippen LogP) is 2.52. The van der Waals surface area contributed by atoms with E-state index in [1.54, 1.807) is 0 Å². The number of hydrogen-bond acceptors (Lipinski definition) is 6. The van der Waals surface area contributed by atoms with Crippen molar-refractivity contribution in [3.8, 4) is 0 Å². The van der Waals surface area contributed by atoms with Crippen LogP contribution in [0.3, 0.4) is 0 Å². The Labute approximate surface area is 151 Å². The molecule has 25 heavy (non-hydrogen) atoms. The van der Waals surface area contributed by atoms with E-state index in [1.165, 1.54) is 16.9 Å². The van der Waals surface area contributed by atoms with E-state index in [0.29, 0.717) is 0 Å². The predicted molar refractivity (Wildman–Crippen MR) is 96.7 cm³/mol. The number of hydrogen-bond donors (Lipinski definition) is 0. The number of nitrogens with zero attached hydrogens (tertiary/aromatic N) is 5. The van der Waals surface area contributed by atoms with Crippen molar-refractivity contribution in [2.75, 3.05) is 20.1 Å². The lowest BCUT2D eigenvalue weighted by atomic mass is 10.1. The lowest BCUT2D eigenvalue weighted by Gasteiger charge is -2.27. The summed E-state index contributed by atoms with van der Waals surface area (Å²) in [7, 11) is 2.12. The Morgan fingerprint density at radius 1 is 1.28 bits per heavy atom. The largest absolute Gasteiger partial charge is 0.328 e. The van der Waals surface area contributed by atoms with Gasteiger partial charge in [-0.1, -0.05) is 0 Å². The van der Waals surface area contributed by atoms with Gasteiger partial charge in [0.1, 0.15) is 4.88 Å². The first-order chi connectivity index (χ1) is 12.0. The van der Waals surface area contributed by atoms with E-state index in [9.17, 15) is 4.79 Å². The number of aromatic nitrogens is 3. The maximum Gasteiger partial charge on any atom is 0.266 e. The van der Waals surface area contributed by atoms with Gasteiger partial charge in [-0.3, -0.25) is 4.79 Å². The molecule has 2 aliphatic heterocycles. The number of likely N-dealkylation sites (tertiary alicyclic amines) is 1. The van der Waals surface area contributed by atoms with Gasteiger partial charge in [0.2, 0.25) is 0 Å². The first-order valence-corrected chi connectivity index (χ1v) is 9.63. The van der Waals surface area contributed by atoms with Crippen molar-refractivity contribution in [2.24, 2.45) is 0 Å². The lowest BCUT2D eigenvalue weighted by Crippen LogP contribution is -2.32. The van der Waals surface area contributed by atoms with Gasteiger partial charge in [0, 0.05) is 43.5 Å². The van der Waals surface area contributed by atoms with Crippen LogP contribution in [0.25, 0.3) is 0 Å². The minimum Gasteiger partial charge on any atom is -0.328 e. The summed E-state index contributed by atoms with van der Waals surface area (Å²) in [6, 6.07) is -0.0146. The summed E-state index contributed by atoms with van der Waals surface area (Å²) in [5.41, 5.74) is 3.18. The molecule has 1 fully saturated rings. The summed E-state index contributed by atoms with van der Waals surface area (Å²) in [5.74, 6) is 0.875. The zero-order chi connectivity index (χ0) is 17.6. The SMILES string of the molecule is Cc1nc(C)c(C(=O)N2CCC[C@@H]2c2ncc3c(n2)CCN(C)C3)s1. The molecule has 0 spiro atoms. The van der Waals surface area contributed by atoms with Crippen molar-refractivity contribution in [1.29, 1.82) is 0 Å². The summed E-state index contributed by atoms with van der Waals surface area (Å²) in [6.07, 6.45) is 4.84. The van der Waals surface area contributed by atoms with Crippen LogP contribution in [0.1, 0.15) is 56.3 Å². The summed E-state index contributed by atoms with van der Waals surface area (Å²) in [6.45, 7) is 6.55. The van der Waals surface area contributed by atoms with Crippen molar-refractivity contribution in [1.82, 2.24) is 24.8 Å². The molecule has 0 radical (unpaired) electrons. The second kappa shape index (κ2) is 6.46. The molecule has 0 unspecified atom stereocenters. The number of thiazole rings is 1. The van der Waals surface area contributed by atoms with Crippen molar-refractivity contribution in [3.05, 3.63) is 38.9 Å². The van der Waals surface area contributed by atoms with Gasteiger partial charge in [0.15, 0.2) is 5.82 Å². The molecule has 1 atom stereocenters. The molecular formula is C18H23N5OS. The van der Waals surface area contributed by atoms with Crippen LogP contribution in [-0.2, 0) is 13.0 Å². The Morgan fingerprint density at radius 3 is 2.88 bits per heavy atom. The normalized spacial score (nSPS) is 20.8. The van der Waals surface area contributed by atoms with Gasteiger partial charge < -0.3 is 9.80 Å². The number of carbonyl (C=O) groups excluding carboxylic acids is 1. The molecule has 4 heterocycles. The van der Waals surface area contributed by atoms with Crippen LogP contribution in [0.15, 0.2) is 6.20 Å². The monoisotopic (exact) mass is 357 g/mol. The molecule has 0 bridgehead atoms. The van der Waals surface area contributed by atoms with Gasteiger partial charge in [-0.2, -0.15) is 0 Å². The number of aryl methyl sites for hydroxylation is 2. The molecule has 2 aromatic heterocycles. The highest BCUT2D eigenvalue weighted by molar-refractivity contribution is 7.13. The molecular weight excluding hydrogens is 334 g/mol.